The second-order valence-corrected chi connectivity index (χ2v) is 7.55. The predicted octanol–water partition coefficient (Wildman–Crippen LogP) is 5.22. The van der Waals surface area contributed by atoms with Crippen molar-refractivity contribution in [3.8, 4) is 5.75 Å². The summed E-state index contributed by atoms with van der Waals surface area (Å²) in [6, 6.07) is 10.0. The number of benzene rings is 2. The highest BCUT2D eigenvalue weighted by atomic mass is 32.1. The van der Waals surface area contributed by atoms with Crippen LogP contribution in [0, 0.1) is 0 Å². The summed E-state index contributed by atoms with van der Waals surface area (Å²) in [6.07, 6.45) is -1.45. The topological polar surface area (TPSA) is 53.6 Å². The largest absolute Gasteiger partial charge is 0.494 e. The summed E-state index contributed by atoms with van der Waals surface area (Å²) in [6.45, 7) is 3.88. The van der Waals surface area contributed by atoms with Crippen molar-refractivity contribution in [3.63, 3.8) is 0 Å². The molecule has 5 nitrogen and oxygen atoms in total. The quantitative estimate of drug-likeness (QED) is 0.611. The predicted molar refractivity (Wildman–Crippen MR) is 119 cm³/mol. The molecule has 0 saturated carbocycles. The van der Waals surface area contributed by atoms with E-state index in [-0.39, 0.29) is 10.8 Å². The minimum absolute atomic E-state index is 0.0727. The lowest BCUT2D eigenvalue weighted by Crippen LogP contribution is -2.35. The maximum Gasteiger partial charge on any atom is 0.416 e. The number of carbonyl (C=O) groups is 1. The Morgan fingerprint density at radius 2 is 1.77 bits per heavy atom. The average molecular weight is 452 g/mol. The number of hydrogen-bond acceptors (Lipinski definition) is 4. The number of piperidine rings is 1. The van der Waals surface area contributed by atoms with Gasteiger partial charge in [0.15, 0.2) is 5.11 Å². The van der Waals surface area contributed by atoms with Gasteiger partial charge in [0.1, 0.15) is 5.75 Å². The van der Waals surface area contributed by atoms with Gasteiger partial charge in [0.05, 0.1) is 23.5 Å². The minimum atomic E-state index is -4.48. The molecule has 1 aliphatic rings. The Labute approximate surface area is 184 Å². The molecule has 1 saturated heterocycles. The molecule has 2 aromatic carbocycles. The average Bonchev–Trinajstić information content (AvgIpc) is 2.74. The van der Waals surface area contributed by atoms with Crippen LogP contribution in [0.25, 0.3) is 0 Å². The standard InChI is InChI=1S/C22H24F3N3O2S/c1-2-30-17-9-6-15(7-10-17)20(29)27-21(31)26-18-14-16(22(23,24)25)8-11-19(18)28-12-4-3-5-13-28/h6-11,14H,2-5,12-13H2,1H3,(H2,26,27,29,31). The molecule has 0 radical (unpaired) electrons. The van der Waals surface area contributed by atoms with Crippen LogP contribution in [0.4, 0.5) is 24.5 Å². The third-order valence-electron chi connectivity index (χ3n) is 4.92. The van der Waals surface area contributed by atoms with E-state index >= 15 is 0 Å². The first-order valence-corrected chi connectivity index (χ1v) is 10.5. The lowest BCUT2D eigenvalue weighted by atomic mass is 10.1. The van der Waals surface area contributed by atoms with Crippen molar-refractivity contribution in [2.75, 3.05) is 29.9 Å². The van der Waals surface area contributed by atoms with Gasteiger partial charge in [-0.3, -0.25) is 10.1 Å². The molecule has 1 heterocycles. The third-order valence-corrected chi connectivity index (χ3v) is 5.13. The summed E-state index contributed by atoms with van der Waals surface area (Å²) >= 11 is 5.21. The number of nitrogens with one attached hydrogen (secondary N) is 2. The molecule has 0 bridgehead atoms. The Morgan fingerprint density at radius 1 is 1.10 bits per heavy atom. The zero-order valence-corrected chi connectivity index (χ0v) is 17.9. The highest BCUT2D eigenvalue weighted by molar-refractivity contribution is 7.80. The number of alkyl halides is 3. The number of rotatable bonds is 5. The van der Waals surface area contributed by atoms with Gasteiger partial charge in [0, 0.05) is 18.7 Å². The Kier molecular flexibility index (Phi) is 7.37. The Bertz CT molecular complexity index is 927. The fourth-order valence-corrected chi connectivity index (χ4v) is 3.62. The van der Waals surface area contributed by atoms with Crippen LogP contribution in [0.3, 0.4) is 0 Å². The van der Waals surface area contributed by atoms with Gasteiger partial charge >= 0.3 is 6.18 Å². The molecule has 0 aromatic heterocycles. The Balaban J connectivity index is 1.75. The molecule has 2 N–H and O–H groups in total. The molecule has 31 heavy (non-hydrogen) atoms. The van der Waals surface area contributed by atoms with Crippen LogP contribution in [0.1, 0.15) is 42.1 Å². The maximum absolute atomic E-state index is 13.2. The highest BCUT2D eigenvalue weighted by Gasteiger charge is 2.31. The molecule has 1 amide bonds. The number of anilines is 2. The van der Waals surface area contributed by atoms with Gasteiger partial charge in [0.2, 0.25) is 0 Å². The molecule has 0 spiro atoms. The van der Waals surface area contributed by atoms with E-state index in [1.807, 2.05) is 11.8 Å². The molecule has 0 unspecified atom stereocenters. The van der Waals surface area contributed by atoms with E-state index in [4.69, 9.17) is 17.0 Å². The molecule has 9 heteroatoms. The van der Waals surface area contributed by atoms with Gasteiger partial charge in [-0.1, -0.05) is 0 Å². The molecule has 1 aliphatic heterocycles. The fraction of sp³-hybridized carbons (Fsp3) is 0.364. The number of ether oxygens (including phenoxy) is 1. The van der Waals surface area contributed by atoms with Crippen molar-refractivity contribution in [2.45, 2.75) is 32.4 Å². The summed E-state index contributed by atoms with van der Waals surface area (Å²) in [5.74, 6) is 0.168. The smallest absolute Gasteiger partial charge is 0.416 e. The number of hydrogen-bond donors (Lipinski definition) is 2. The van der Waals surface area contributed by atoms with E-state index in [0.29, 0.717) is 23.6 Å². The summed E-state index contributed by atoms with van der Waals surface area (Å²) in [5.41, 5.74) is 0.420. The molecule has 3 rings (SSSR count). The van der Waals surface area contributed by atoms with Gasteiger partial charge in [0.25, 0.3) is 5.91 Å². The molecular formula is C22H24F3N3O2S. The molecule has 0 aliphatic carbocycles. The maximum atomic E-state index is 13.2. The van der Waals surface area contributed by atoms with E-state index in [0.717, 1.165) is 44.5 Å². The van der Waals surface area contributed by atoms with Gasteiger partial charge in [-0.05, 0) is 80.9 Å². The van der Waals surface area contributed by atoms with Gasteiger partial charge < -0.3 is 15.0 Å². The summed E-state index contributed by atoms with van der Waals surface area (Å²) in [7, 11) is 0. The molecule has 2 aromatic rings. The first-order valence-electron chi connectivity index (χ1n) is 10.1. The highest BCUT2D eigenvalue weighted by Crippen LogP contribution is 2.36. The zero-order chi connectivity index (χ0) is 22.4. The van der Waals surface area contributed by atoms with E-state index < -0.39 is 17.6 Å². The lowest BCUT2D eigenvalue weighted by molar-refractivity contribution is -0.137. The van der Waals surface area contributed by atoms with Gasteiger partial charge in [-0.15, -0.1) is 0 Å². The number of carbonyl (C=O) groups excluding carboxylic acids is 1. The van der Waals surface area contributed by atoms with Crippen LogP contribution >= 0.6 is 12.2 Å². The van der Waals surface area contributed by atoms with E-state index in [1.54, 1.807) is 24.3 Å². The van der Waals surface area contributed by atoms with Crippen LogP contribution in [0.15, 0.2) is 42.5 Å². The van der Waals surface area contributed by atoms with Crippen molar-refractivity contribution in [1.29, 1.82) is 0 Å². The first kappa shape index (κ1) is 22.9. The number of thiocarbonyl (C=S) groups is 1. The minimum Gasteiger partial charge on any atom is -0.494 e. The zero-order valence-electron chi connectivity index (χ0n) is 17.1. The number of halogens is 3. The summed E-state index contributed by atoms with van der Waals surface area (Å²) in [4.78, 5) is 14.5. The molecular weight excluding hydrogens is 427 g/mol. The van der Waals surface area contributed by atoms with Crippen LogP contribution in [-0.4, -0.2) is 30.7 Å². The fourth-order valence-electron chi connectivity index (χ4n) is 3.42. The monoisotopic (exact) mass is 451 g/mol. The van der Waals surface area contributed by atoms with Crippen LogP contribution < -0.4 is 20.3 Å². The van der Waals surface area contributed by atoms with Crippen molar-refractivity contribution < 1.29 is 22.7 Å². The van der Waals surface area contributed by atoms with Crippen LogP contribution in [-0.2, 0) is 6.18 Å². The van der Waals surface area contributed by atoms with Crippen molar-refractivity contribution >= 4 is 34.6 Å². The van der Waals surface area contributed by atoms with Gasteiger partial charge in [-0.2, -0.15) is 13.2 Å². The lowest BCUT2D eigenvalue weighted by Gasteiger charge is -2.31. The molecule has 166 valence electrons. The number of nitrogens with zero attached hydrogens (tertiary/aromatic N) is 1. The van der Waals surface area contributed by atoms with E-state index in [9.17, 15) is 18.0 Å². The molecule has 0 atom stereocenters. The number of amides is 1. The van der Waals surface area contributed by atoms with Crippen LogP contribution in [0.5, 0.6) is 5.75 Å². The van der Waals surface area contributed by atoms with E-state index in [2.05, 4.69) is 10.6 Å². The second kappa shape index (κ2) is 10.00. The van der Waals surface area contributed by atoms with Crippen molar-refractivity contribution in [3.05, 3.63) is 53.6 Å². The summed E-state index contributed by atoms with van der Waals surface area (Å²) < 4.78 is 45.1. The Morgan fingerprint density at radius 3 is 2.39 bits per heavy atom. The Hall–Kier alpha value is -2.81. The van der Waals surface area contributed by atoms with Crippen LogP contribution in [0.2, 0.25) is 0 Å². The second-order valence-electron chi connectivity index (χ2n) is 7.14. The van der Waals surface area contributed by atoms with Crippen molar-refractivity contribution in [2.24, 2.45) is 0 Å². The van der Waals surface area contributed by atoms with E-state index in [1.165, 1.54) is 6.07 Å². The third kappa shape index (κ3) is 6.10. The normalized spacial score (nSPS) is 14.1. The first-order chi connectivity index (χ1) is 14.8. The molecule has 1 fully saturated rings. The summed E-state index contributed by atoms with van der Waals surface area (Å²) in [5, 5.41) is 5.24. The SMILES string of the molecule is CCOc1ccc(C(=O)NC(=S)Nc2cc(C(F)(F)F)ccc2N2CCCCC2)cc1. The van der Waals surface area contributed by atoms with Gasteiger partial charge in [-0.25, -0.2) is 0 Å². The van der Waals surface area contributed by atoms with Crippen molar-refractivity contribution in [1.82, 2.24) is 5.32 Å².